The van der Waals surface area contributed by atoms with Gasteiger partial charge in [-0.1, -0.05) is 37.5 Å². The molecule has 1 saturated carbocycles. The highest BCUT2D eigenvalue weighted by Crippen LogP contribution is 2.43. The molecular weight excluding hydrogens is 404 g/mol. The van der Waals surface area contributed by atoms with Crippen LogP contribution < -0.4 is 10.1 Å². The van der Waals surface area contributed by atoms with Crippen LogP contribution in [0.25, 0.3) is 5.69 Å². The van der Waals surface area contributed by atoms with Gasteiger partial charge in [0.05, 0.1) is 30.6 Å². The minimum absolute atomic E-state index is 0.000941. The predicted molar refractivity (Wildman–Crippen MR) is 126 cm³/mol. The van der Waals surface area contributed by atoms with Crippen LogP contribution in [0, 0.1) is 0 Å². The highest BCUT2D eigenvalue weighted by Gasteiger charge is 2.44. The number of ether oxygens (including phenoxy) is 1. The molecule has 1 aromatic carbocycles. The van der Waals surface area contributed by atoms with Crippen LogP contribution in [0.2, 0.25) is 0 Å². The summed E-state index contributed by atoms with van der Waals surface area (Å²) in [5, 5.41) is 4.45. The van der Waals surface area contributed by atoms with Crippen LogP contribution >= 0.6 is 12.2 Å². The maximum Gasteiger partial charge on any atom is 0.170 e. The Morgan fingerprint density at radius 2 is 1.81 bits per heavy atom. The van der Waals surface area contributed by atoms with E-state index in [1.54, 1.807) is 7.11 Å². The fourth-order valence-electron chi connectivity index (χ4n) is 5.12. The van der Waals surface area contributed by atoms with Gasteiger partial charge < -0.3 is 19.5 Å². The largest absolute Gasteiger partial charge is 0.495 e. The van der Waals surface area contributed by atoms with Crippen molar-refractivity contribution in [3.8, 4) is 11.4 Å². The van der Waals surface area contributed by atoms with Gasteiger partial charge in [0.1, 0.15) is 5.75 Å². The molecule has 6 heteroatoms. The van der Waals surface area contributed by atoms with Crippen LogP contribution in [0.1, 0.15) is 55.6 Å². The summed E-state index contributed by atoms with van der Waals surface area (Å²) in [5.41, 5.74) is 3.24. The zero-order valence-corrected chi connectivity index (χ0v) is 18.6. The molecule has 2 atom stereocenters. The topological polar surface area (TPSA) is 42.3 Å². The number of hydrogen-bond acceptors (Lipinski definition) is 3. The Morgan fingerprint density at radius 1 is 1.00 bits per heavy atom. The number of rotatable bonds is 5. The zero-order valence-electron chi connectivity index (χ0n) is 17.8. The first kappa shape index (κ1) is 20.1. The average Bonchev–Trinajstić information content (AvgIpc) is 3.44. The summed E-state index contributed by atoms with van der Waals surface area (Å²) < 4.78 is 7.92. The summed E-state index contributed by atoms with van der Waals surface area (Å²) >= 11 is 5.91. The number of nitrogens with one attached hydrogen (secondary N) is 1. The van der Waals surface area contributed by atoms with E-state index in [1.807, 2.05) is 36.5 Å². The number of aromatic nitrogens is 2. The van der Waals surface area contributed by atoms with Gasteiger partial charge in [-0.15, -0.1) is 0 Å². The molecule has 1 saturated heterocycles. The lowest BCUT2D eigenvalue weighted by molar-refractivity contribution is 0.193. The quantitative estimate of drug-likeness (QED) is 0.562. The van der Waals surface area contributed by atoms with E-state index in [1.165, 1.54) is 37.8 Å². The SMILES string of the molecule is COc1ccccc1-n1cccc1[C@H]1[C@@H](c2ccccn2)NC(=S)N1C1CCCCC1. The lowest BCUT2D eigenvalue weighted by atomic mass is 9.92. The summed E-state index contributed by atoms with van der Waals surface area (Å²) in [6.07, 6.45) is 10.2. The fraction of sp³-hybridized carbons (Fsp3) is 0.360. The van der Waals surface area contributed by atoms with E-state index in [4.69, 9.17) is 17.0 Å². The second-order valence-electron chi connectivity index (χ2n) is 8.30. The molecule has 1 N–H and O–H groups in total. The van der Waals surface area contributed by atoms with Gasteiger partial charge in [0, 0.05) is 24.1 Å². The minimum Gasteiger partial charge on any atom is -0.495 e. The smallest absolute Gasteiger partial charge is 0.170 e. The van der Waals surface area contributed by atoms with Crippen molar-refractivity contribution >= 4 is 17.3 Å². The van der Waals surface area contributed by atoms with Gasteiger partial charge in [-0.3, -0.25) is 4.98 Å². The van der Waals surface area contributed by atoms with Crippen LogP contribution in [0.5, 0.6) is 5.75 Å². The van der Waals surface area contributed by atoms with Crippen molar-refractivity contribution in [1.82, 2.24) is 19.8 Å². The third kappa shape index (κ3) is 3.69. The normalized spacial score (nSPS) is 21.8. The molecule has 0 unspecified atom stereocenters. The molecule has 1 aliphatic carbocycles. The number of nitrogens with zero attached hydrogens (tertiary/aromatic N) is 3. The van der Waals surface area contributed by atoms with Crippen LogP contribution in [0.15, 0.2) is 67.0 Å². The van der Waals surface area contributed by atoms with E-state index in [2.05, 4.69) is 50.2 Å². The summed E-state index contributed by atoms with van der Waals surface area (Å²) in [6, 6.07) is 19.1. The van der Waals surface area contributed by atoms with Crippen molar-refractivity contribution in [2.75, 3.05) is 7.11 Å². The van der Waals surface area contributed by atoms with E-state index in [0.717, 1.165) is 22.2 Å². The first-order valence-corrected chi connectivity index (χ1v) is 11.5. The lowest BCUT2D eigenvalue weighted by Crippen LogP contribution is -2.40. The van der Waals surface area contributed by atoms with Gasteiger partial charge in [0.15, 0.2) is 5.11 Å². The number of pyridine rings is 1. The van der Waals surface area contributed by atoms with Crippen molar-refractivity contribution in [3.05, 3.63) is 78.4 Å². The van der Waals surface area contributed by atoms with Gasteiger partial charge in [0.25, 0.3) is 0 Å². The number of para-hydroxylation sites is 2. The number of thiocarbonyl (C=S) groups is 1. The molecule has 160 valence electrons. The Labute approximate surface area is 189 Å². The highest BCUT2D eigenvalue weighted by atomic mass is 32.1. The van der Waals surface area contributed by atoms with Crippen LogP contribution in [-0.2, 0) is 0 Å². The van der Waals surface area contributed by atoms with E-state index in [0.29, 0.717) is 6.04 Å². The second-order valence-corrected chi connectivity index (χ2v) is 8.69. The van der Waals surface area contributed by atoms with Gasteiger partial charge >= 0.3 is 0 Å². The molecule has 5 nitrogen and oxygen atoms in total. The first-order valence-electron chi connectivity index (χ1n) is 11.1. The Hall–Kier alpha value is -2.86. The van der Waals surface area contributed by atoms with E-state index in [9.17, 15) is 0 Å². The van der Waals surface area contributed by atoms with Gasteiger partial charge in [-0.2, -0.15) is 0 Å². The average molecular weight is 433 g/mol. The van der Waals surface area contributed by atoms with Crippen molar-refractivity contribution < 1.29 is 4.74 Å². The third-order valence-corrected chi connectivity index (χ3v) is 6.86. The van der Waals surface area contributed by atoms with Crippen molar-refractivity contribution in [1.29, 1.82) is 0 Å². The molecule has 0 radical (unpaired) electrons. The first-order chi connectivity index (χ1) is 15.3. The lowest BCUT2D eigenvalue weighted by Gasteiger charge is -2.37. The van der Waals surface area contributed by atoms with Crippen LogP contribution in [0.3, 0.4) is 0 Å². The molecule has 3 aromatic rings. The van der Waals surface area contributed by atoms with Crippen molar-refractivity contribution in [3.63, 3.8) is 0 Å². The molecule has 3 heterocycles. The second kappa shape index (κ2) is 8.71. The molecule has 5 rings (SSSR count). The Morgan fingerprint density at radius 3 is 2.58 bits per heavy atom. The Bertz CT molecular complexity index is 1040. The third-order valence-electron chi connectivity index (χ3n) is 6.53. The maximum atomic E-state index is 5.91. The molecule has 31 heavy (non-hydrogen) atoms. The highest BCUT2D eigenvalue weighted by molar-refractivity contribution is 7.80. The zero-order chi connectivity index (χ0) is 21.2. The fourth-order valence-corrected chi connectivity index (χ4v) is 5.51. The molecule has 0 bridgehead atoms. The summed E-state index contributed by atoms with van der Waals surface area (Å²) in [7, 11) is 1.72. The molecule has 2 fully saturated rings. The van der Waals surface area contributed by atoms with Gasteiger partial charge in [0.2, 0.25) is 0 Å². The van der Waals surface area contributed by atoms with E-state index in [-0.39, 0.29) is 12.1 Å². The van der Waals surface area contributed by atoms with Crippen LogP contribution in [-0.4, -0.2) is 32.7 Å². The predicted octanol–water partition coefficient (Wildman–Crippen LogP) is 5.19. The van der Waals surface area contributed by atoms with Crippen LogP contribution in [0.4, 0.5) is 0 Å². The minimum atomic E-state index is -0.000941. The molecule has 1 aliphatic heterocycles. The number of benzene rings is 1. The van der Waals surface area contributed by atoms with Crippen molar-refractivity contribution in [2.45, 2.75) is 50.2 Å². The van der Waals surface area contributed by atoms with Crippen molar-refractivity contribution in [2.24, 2.45) is 0 Å². The maximum absolute atomic E-state index is 5.91. The molecule has 2 aliphatic rings. The number of methoxy groups -OCH3 is 1. The molecular formula is C25H28N4OS. The van der Waals surface area contributed by atoms with E-state index >= 15 is 0 Å². The molecule has 2 aromatic heterocycles. The summed E-state index contributed by atoms with van der Waals surface area (Å²) in [5.74, 6) is 0.854. The van der Waals surface area contributed by atoms with Gasteiger partial charge in [-0.25, -0.2) is 0 Å². The summed E-state index contributed by atoms with van der Waals surface area (Å²) in [4.78, 5) is 7.14. The Kier molecular flexibility index (Phi) is 5.64. The standard InChI is InChI=1S/C25H28N4OS/c1-30-22-15-6-5-13-20(22)28-17-9-14-21(28)24-23(19-12-7-8-16-26-19)27-25(31)29(24)18-10-3-2-4-11-18/h5-9,12-18,23-24H,2-4,10-11H2,1H3,(H,27,31)/t23-,24+/m1/s1. The molecule has 0 amide bonds. The van der Waals surface area contributed by atoms with E-state index < -0.39 is 0 Å². The monoisotopic (exact) mass is 432 g/mol. The summed E-state index contributed by atoms with van der Waals surface area (Å²) in [6.45, 7) is 0. The molecule has 0 spiro atoms. The van der Waals surface area contributed by atoms with Gasteiger partial charge in [-0.05, 0) is 61.5 Å². The Balaban J connectivity index is 1.62. The number of hydrogen-bond donors (Lipinski definition) is 1.